The Morgan fingerprint density at radius 2 is 1.91 bits per heavy atom. The zero-order valence-electron chi connectivity index (χ0n) is 15.9. The largest absolute Gasteiger partial charge is 0.445 e. The van der Waals surface area contributed by atoms with E-state index in [-0.39, 0.29) is 0 Å². The molecule has 0 bridgehead atoms. The smallest absolute Gasteiger partial charge is 0.197 e. The molecule has 1 N–H and O–H groups in total. The third-order valence-corrected chi connectivity index (χ3v) is 5.72. The first-order valence-electron chi connectivity index (χ1n) is 9.44. The molecule has 1 saturated carbocycles. The number of hydrogen-bond acceptors (Lipinski definition) is 3. The maximum atomic E-state index is 10.2. The summed E-state index contributed by atoms with van der Waals surface area (Å²) in [5.41, 5.74) is -0.237. The van der Waals surface area contributed by atoms with Crippen LogP contribution >= 0.6 is 0 Å². The summed E-state index contributed by atoms with van der Waals surface area (Å²) in [5.74, 6) is 4.32. The monoisotopic (exact) mass is 321 g/mol. The van der Waals surface area contributed by atoms with E-state index in [1.165, 1.54) is 25.7 Å². The molecule has 23 heavy (non-hydrogen) atoms. The lowest BCUT2D eigenvalue weighted by atomic mass is 9.79. The average molecular weight is 322 g/mol. The summed E-state index contributed by atoms with van der Waals surface area (Å²) in [6.45, 7) is 12.6. The van der Waals surface area contributed by atoms with Crippen LogP contribution in [0.15, 0.2) is 4.42 Å². The standard InChI is InChI=1S/C20H35NO2/c1-7-8-9-17-13(2)10-11-16(12-14(17)3)19-21-18(15(4)23-19)20(5,6)22/h13-14,16-17,22H,7-12H2,1-6H3. The minimum Gasteiger partial charge on any atom is -0.445 e. The molecule has 0 radical (unpaired) electrons. The van der Waals surface area contributed by atoms with Gasteiger partial charge < -0.3 is 9.52 Å². The maximum absolute atomic E-state index is 10.2. The third-order valence-electron chi connectivity index (χ3n) is 5.72. The van der Waals surface area contributed by atoms with Gasteiger partial charge >= 0.3 is 0 Å². The quantitative estimate of drug-likeness (QED) is 0.722. The van der Waals surface area contributed by atoms with Gasteiger partial charge in [-0.3, -0.25) is 0 Å². The highest BCUT2D eigenvalue weighted by atomic mass is 16.4. The Balaban J connectivity index is 2.16. The molecule has 1 aromatic rings. The molecule has 1 aliphatic carbocycles. The van der Waals surface area contributed by atoms with Crippen molar-refractivity contribution in [3.63, 3.8) is 0 Å². The van der Waals surface area contributed by atoms with Gasteiger partial charge in [0.05, 0.1) is 0 Å². The molecule has 1 heterocycles. The number of aryl methyl sites for hydroxylation is 1. The van der Waals surface area contributed by atoms with Gasteiger partial charge in [0.2, 0.25) is 0 Å². The summed E-state index contributed by atoms with van der Waals surface area (Å²) in [5, 5.41) is 10.2. The summed E-state index contributed by atoms with van der Waals surface area (Å²) in [6, 6.07) is 0. The van der Waals surface area contributed by atoms with Crippen LogP contribution in [0.2, 0.25) is 0 Å². The topological polar surface area (TPSA) is 46.3 Å². The minimum absolute atomic E-state index is 0.397. The van der Waals surface area contributed by atoms with E-state index in [9.17, 15) is 5.11 Å². The van der Waals surface area contributed by atoms with Gasteiger partial charge in [-0.05, 0) is 64.2 Å². The Morgan fingerprint density at radius 3 is 2.48 bits per heavy atom. The number of hydrogen-bond donors (Lipinski definition) is 1. The average Bonchev–Trinajstić information content (AvgIpc) is 2.79. The van der Waals surface area contributed by atoms with Gasteiger partial charge in [-0.25, -0.2) is 4.98 Å². The zero-order valence-corrected chi connectivity index (χ0v) is 15.9. The Morgan fingerprint density at radius 1 is 1.22 bits per heavy atom. The van der Waals surface area contributed by atoms with Crippen LogP contribution in [-0.4, -0.2) is 10.1 Å². The van der Waals surface area contributed by atoms with Gasteiger partial charge in [0.25, 0.3) is 0 Å². The molecule has 132 valence electrons. The van der Waals surface area contributed by atoms with Crippen LogP contribution in [-0.2, 0) is 5.60 Å². The zero-order chi connectivity index (χ0) is 17.2. The number of nitrogens with zero attached hydrogens (tertiary/aromatic N) is 1. The summed E-state index contributed by atoms with van der Waals surface area (Å²) >= 11 is 0. The lowest BCUT2D eigenvalue weighted by Gasteiger charge is -2.27. The van der Waals surface area contributed by atoms with Gasteiger partial charge in [0.1, 0.15) is 17.1 Å². The Bertz CT molecular complexity index is 500. The summed E-state index contributed by atoms with van der Waals surface area (Å²) in [6.07, 6.45) is 7.54. The normalized spacial score (nSPS) is 29.5. The van der Waals surface area contributed by atoms with Crippen molar-refractivity contribution in [3.05, 3.63) is 17.3 Å². The first-order chi connectivity index (χ1) is 10.7. The van der Waals surface area contributed by atoms with E-state index in [2.05, 4.69) is 25.8 Å². The minimum atomic E-state index is -0.931. The first-order valence-corrected chi connectivity index (χ1v) is 9.44. The third kappa shape index (κ3) is 4.37. The van der Waals surface area contributed by atoms with Crippen molar-refractivity contribution in [1.29, 1.82) is 0 Å². The highest BCUT2D eigenvalue weighted by Gasteiger charge is 2.34. The van der Waals surface area contributed by atoms with E-state index >= 15 is 0 Å². The molecule has 1 fully saturated rings. The highest BCUT2D eigenvalue weighted by molar-refractivity contribution is 5.16. The fourth-order valence-electron chi connectivity index (χ4n) is 4.37. The molecule has 0 spiro atoms. The van der Waals surface area contributed by atoms with Crippen molar-refractivity contribution in [2.75, 3.05) is 0 Å². The van der Waals surface area contributed by atoms with Crippen molar-refractivity contribution in [3.8, 4) is 0 Å². The molecule has 1 aliphatic rings. The molecule has 3 nitrogen and oxygen atoms in total. The second-order valence-electron chi connectivity index (χ2n) is 8.29. The molecule has 4 unspecified atom stereocenters. The molecule has 4 atom stereocenters. The van der Waals surface area contributed by atoms with Gasteiger partial charge in [0.15, 0.2) is 5.89 Å². The SMILES string of the molecule is CCCCC1C(C)CCC(c2nc(C(C)(C)O)c(C)o2)CC1C. The van der Waals surface area contributed by atoms with Crippen molar-refractivity contribution >= 4 is 0 Å². The van der Waals surface area contributed by atoms with Gasteiger partial charge in [-0.2, -0.15) is 0 Å². The van der Waals surface area contributed by atoms with E-state index in [0.29, 0.717) is 17.5 Å². The lowest BCUT2D eigenvalue weighted by molar-refractivity contribution is 0.0728. The molecular weight excluding hydrogens is 286 g/mol. The number of rotatable bonds is 5. The second-order valence-corrected chi connectivity index (χ2v) is 8.29. The van der Waals surface area contributed by atoms with Crippen molar-refractivity contribution in [2.45, 2.75) is 91.6 Å². The molecule has 1 aromatic heterocycles. The highest BCUT2D eigenvalue weighted by Crippen LogP contribution is 2.42. The van der Waals surface area contributed by atoms with Crippen LogP contribution in [0.4, 0.5) is 0 Å². The summed E-state index contributed by atoms with van der Waals surface area (Å²) in [4.78, 5) is 4.68. The lowest BCUT2D eigenvalue weighted by Crippen LogP contribution is -2.18. The summed E-state index contributed by atoms with van der Waals surface area (Å²) < 4.78 is 5.97. The van der Waals surface area contributed by atoms with Crippen molar-refractivity contribution in [2.24, 2.45) is 17.8 Å². The van der Waals surface area contributed by atoms with E-state index in [0.717, 1.165) is 36.3 Å². The Hall–Kier alpha value is -0.830. The predicted octanol–water partition coefficient (Wildman–Crippen LogP) is 5.56. The predicted molar refractivity (Wildman–Crippen MR) is 94.4 cm³/mol. The maximum Gasteiger partial charge on any atom is 0.197 e. The van der Waals surface area contributed by atoms with Gasteiger partial charge in [-0.15, -0.1) is 0 Å². The molecule has 0 saturated heterocycles. The fourth-order valence-corrected chi connectivity index (χ4v) is 4.37. The van der Waals surface area contributed by atoms with Crippen LogP contribution in [0.25, 0.3) is 0 Å². The molecule has 0 amide bonds. The molecular formula is C20H35NO2. The van der Waals surface area contributed by atoms with E-state index in [4.69, 9.17) is 4.42 Å². The Labute approximate surface area is 141 Å². The van der Waals surface area contributed by atoms with Crippen LogP contribution in [0.5, 0.6) is 0 Å². The second kappa shape index (κ2) is 7.38. The van der Waals surface area contributed by atoms with Crippen LogP contribution in [0.1, 0.15) is 96.4 Å². The van der Waals surface area contributed by atoms with Crippen molar-refractivity contribution in [1.82, 2.24) is 4.98 Å². The van der Waals surface area contributed by atoms with Crippen molar-refractivity contribution < 1.29 is 9.52 Å². The van der Waals surface area contributed by atoms with Gasteiger partial charge in [-0.1, -0.05) is 33.6 Å². The van der Waals surface area contributed by atoms with Crippen LogP contribution < -0.4 is 0 Å². The number of unbranched alkanes of at least 4 members (excludes halogenated alkanes) is 1. The Kier molecular flexibility index (Phi) is 5.94. The first kappa shape index (κ1) is 18.5. The molecule has 0 aromatic carbocycles. The van der Waals surface area contributed by atoms with E-state index in [1.807, 2.05) is 6.92 Å². The molecule has 2 rings (SSSR count). The molecule has 3 heteroatoms. The summed E-state index contributed by atoms with van der Waals surface area (Å²) in [7, 11) is 0. The molecule has 0 aliphatic heterocycles. The number of oxazole rings is 1. The number of aromatic nitrogens is 1. The van der Waals surface area contributed by atoms with Crippen LogP contribution in [0, 0.1) is 24.7 Å². The van der Waals surface area contributed by atoms with Gasteiger partial charge in [0, 0.05) is 5.92 Å². The van der Waals surface area contributed by atoms with E-state index in [1.54, 1.807) is 13.8 Å². The number of aliphatic hydroxyl groups is 1. The van der Waals surface area contributed by atoms with E-state index < -0.39 is 5.60 Å². The fraction of sp³-hybridized carbons (Fsp3) is 0.850. The van der Waals surface area contributed by atoms with Crippen LogP contribution in [0.3, 0.4) is 0 Å².